The summed E-state index contributed by atoms with van der Waals surface area (Å²) in [5.41, 5.74) is 2.16. The van der Waals surface area contributed by atoms with Gasteiger partial charge >= 0.3 is 0 Å². The van der Waals surface area contributed by atoms with Gasteiger partial charge in [-0.05, 0) is 29.6 Å². The Labute approximate surface area is 120 Å². The number of hydrogen-bond donors (Lipinski definition) is 2. The Bertz CT molecular complexity index is 830. The standard InChI is InChI=1S/C15H15N3OS/c19-15-14-11(3-8-20-14)12-9-10(1-2-13(12)17-15)18-6-4-16-5-7-18/h1-3,8-9,16H,4-7H2,(H,17,19). The number of hydrogen-bond acceptors (Lipinski definition) is 4. The SMILES string of the molecule is O=c1[nH]c2ccc(N3CCNCC3)cc2c2ccsc12. The van der Waals surface area contributed by atoms with Crippen molar-refractivity contribution in [2.75, 3.05) is 31.1 Å². The van der Waals surface area contributed by atoms with Crippen molar-refractivity contribution in [2.45, 2.75) is 0 Å². The Morgan fingerprint density at radius 3 is 2.80 bits per heavy atom. The minimum atomic E-state index is 0.0115. The predicted octanol–water partition coefficient (Wildman–Crippen LogP) is 2.15. The van der Waals surface area contributed by atoms with Crippen LogP contribution in [0.3, 0.4) is 0 Å². The van der Waals surface area contributed by atoms with Crippen molar-refractivity contribution >= 4 is 38.0 Å². The number of thiophene rings is 1. The number of nitrogens with one attached hydrogen (secondary N) is 2. The monoisotopic (exact) mass is 285 g/mol. The second kappa shape index (κ2) is 4.61. The molecule has 0 amide bonds. The van der Waals surface area contributed by atoms with Gasteiger partial charge in [0.05, 0.1) is 0 Å². The number of H-pyrrole nitrogens is 1. The Hall–Kier alpha value is -1.85. The molecule has 102 valence electrons. The molecule has 4 nitrogen and oxygen atoms in total. The third-order valence-electron chi connectivity index (χ3n) is 3.90. The highest BCUT2D eigenvalue weighted by Crippen LogP contribution is 2.28. The molecule has 1 aliphatic heterocycles. The van der Waals surface area contributed by atoms with Crippen molar-refractivity contribution in [3.05, 3.63) is 40.0 Å². The minimum Gasteiger partial charge on any atom is -0.369 e. The maximum Gasteiger partial charge on any atom is 0.266 e. The highest BCUT2D eigenvalue weighted by atomic mass is 32.1. The normalized spacial score (nSPS) is 16.1. The number of piperazine rings is 1. The lowest BCUT2D eigenvalue weighted by atomic mass is 10.1. The molecule has 5 heteroatoms. The first-order chi connectivity index (χ1) is 9.83. The molecule has 4 rings (SSSR count). The van der Waals surface area contributed by atoms with E-state index < -0.39 is 0 Å². The largest absolute Gasteiger partial charge is 0.369 e. The molecule has 1 saturated heterocycles. The number of aromatic amines is 1. The smallest absolute Gasteiger partial charge is 0.266 e. The van der Waals surface area contributed by atoms with Crippen molar-refractivity contribution < 1.29 is 0 Å². The van der Waals surface area contributed by atoms with Gasteiger partial charge in [0.1, 0.15) is 4.70 Å². The summed E-state index contributed by atoms with van der Waals surface area (Å²) < 4.78 is 0.815. The van der Waals surface area contributed by atoms with Gasteiger partial charge in [0, 0.05) is 48.2 Å². The molecule has 0 spiro atoms. The van der Waals surface area contributed by atoms with Crippen LogP contribution >= 0.6 is 11.3 Å². The van der Waals surface area contributed by atoms with E-state index >= 15 is 0 Å². The Balaban J connectivity index is 1.93. The quantitative estimate of drug-likeness (QED) is 0.720. The van der Waals surface area contributed by atoms with Gasteiger partial charge in [0.2, 0.25) is 0 Å². The van der Waals surface area contributed by atoms with Crippen LogP contribution in [0, 0.1) is 0 Å². The fourth-order valence-electron chi connectivity index (χ4n) is 2.86. The lowest BCUT2D eigenvalue weighted by Crippen LogP contribution is -2.43. The molecule has 0 bridgehead atoms. The van der Waals surface area contributed by atoms with E-state index in [2.05, 4.69) is 27.3 Å². The van der Waals surface area contributed by atoms with Crippen LogP contribution in [0.25, 0.3) is 21.0 Å². The first-order valence-electron chi connectivity index (χ1n) is 6.82. The summed E-state index contributed by atoms with van der Waals surface area (Å²) in [5.74, 6) is 0. The first-order valence-corrected chi connectivity index (χ1v) is 7.70. The Morgan fingerprint density at radius 2 is 1.95 bits per heavy atom. The number of benzene rings is 1. The lowest BCUT2D eigenvalue weighted by Gasteiger charge is -2.29. The van der Waals surface area contributed by atoms with E-state index in [1.54, 1.807) is 0 Å². The molecule has 0 radical (unpaired) electrons. The summed E-state index contributed by atoms with van der Waals surface area (Å²) in [6, 6.07) is 8.36. The molecule has 3 heterocycles. The molecule has 3 aromatic rings. The van der Waals surface area contributed by atoms with Gasteiger partial charge in [-0.15, -0.1) is 11.3 Å². The summed E-state index contributed by atoms with van der Waals surface area (Å²) in [6.45, 7) is 4.11. The molecule has 20 heavy (non-hydrogen) atoms. The molecule has 0 aliphatic carbocycles. The van der Waals surface area contributed by atoms with Crippen LogP contribution in [0.5, 0.6) is 0 Å². The van der Waals surface area contributed by atoms with Gasteiger partial charge < -0.3 is 15.2 Å². The molecule has 1 fully saturated rings. The van der Waals surface area contributed by atoms with Gasteiger partial charge in [-0.25, -0.2) is 0 Å². The third-order valence-corrected chi connectivity index (χ3v) is 4.81. The number of anilines is 1. The number of fused-ring (bicyclic) bond motifs is 3. The molecular formula is C15H15N3OS. The van der Waals surface area contributed by atoms with E-state index in [0.29, 0.717) is 0 Å². The summed E-state index contributed by atoms with van der Waals surface area (Å²) in [6.07, 6.45) is 0. The maximum atomic E-state index is 12.0. The molecule has 2 N–H and O–H groups in total. The fraction of sp³-hybridized carbons (Fsp3) is 0.267. The summed E-state index contributed by atoms with van der Waals surface area (Å²) in [7, 11) is 0. The molecule has 1 aliphatic rings. The zero-order valence-corrected chi connectivity index (χ0v) is 11.8. The molecule has 0 atom stereocenters. The van der Waals surface area contributed by atoms with E-state index in [9.17, 15) is 4.79 Å². The van der Waals surface area contributed by atoms with E-state index in [1.807, 2.05) is 17.5 Å². The van der Waals surface area contributed by atoms with Gasteiger partial charge in [-0.3, -0.25) is 4.79 Å². The molecule has 2 aromatic heterocycles. The van der Waals surface area contributed by atoms with Gasteiger partial charge in [0.25, 0.3) is 5.56 Å². The van der Waals surface area contributed by atoms with Crippen LogP contribution in [0.4, 0.5) is 5.69 Å². The average molecular weight is 285 g/mol. The van der Waals surface area contributed by atoms with Crippen molar-refractivity contribution in [3.8, 4) is 0 Å². The highest BCUT2D eigenvalue weighted by molar-refractivity contribution is 7.17. The van der Waals surface area contributed by atoms with Crippen LogP contribution in [-0.4, -0.2) is 31.2 Å². The number of pyridine rings is 1. The molecule has 1 aromatic carbocycles. The molecule has 0 saturated carbocycles. The third kappa shape index (κ3) is 1.82. The molecule has 0 unspecified atom stereocenters. The summed E-state index contributed by atoms with van der Waals surface area (Å²) >= 11 is 1.50. The van der Waals surface area contributed by atoms with Gasteiger partial charge in [0.15, 0.2) is 0 Å². The van der Waals surface area contributed by atoms with Gasteiger partial charge in [-0.2, -0.15) is 0 Å². The predicted molar refractivity (Wildman–Crippen MR) is 85.0 cm³/mol. The van der Waals surface area contributed by atoms with Crippen molar-refractivity contribution in [1.82, 2.24) is 10.3 Å². The Kier molecular flexibility index (Phi) is 2.75. The van der Waals surface area contributed by atoms with Gasteiger partial charge in [-0.1, -0.05) is 0 Å². The topological polar surface area (TPSA) is 48.1 Å². The fourth-order valence-corrected chi connectivity index (χ4v) is 3.66. The van der Waals surface area contributed by atoms with Crippen LogP contribution in [0.1, 0.15) is 0 Å². The zero-order chi connectivity index (χ0) is 13.5. The zero-order valence-electron chi connectivity index (χ0n) is 11.0. The van der Waals surface area contributed by atoms with Crippen molar-refractivity contribution in [1.29, 1.82) is 0 Å². The van der Waals surface area contributed by atoms with Crippen LogP contribution < -0.4 is 15.8 Å². The average Bonchev–Trinajstić information content (AvgIpc) is 2.98. The second-order valence-electron chi connectivity index (χ2n) is 5.08. The highest BCUT2D eigenvalue weighted by Gasteiger charge is 2.12. The second-order valence-corrected chi connectivity index (χ2v) is 6.00. The van der Waals surface area contributed by atoms with E-state index in [4.69, 9.17) is 0 Å². The first kappa shape index (κ1) is 11.9. The maximum absolute atomic E-state index is 12.0. The van der Waals surface area contributed by atoms with Crippen LogP contribution in [0.2, 0.25) is 0 Å². The van der Waals surface area contributed by atoms with Crippen molar-refractivity contribution in [2.24, 2.45) is 0 Å². The lowest BCUT2D eigenvalue weighted by molar-refractivity contribution is 0.589. The van der Waals surface area contributed by atoms with Crippen LogP contribution in [-0.2, 0) is 0 Å². The Morgan fingerprint density at radius 1 is 1.10 bits per heavy atom. The number of aromatic nitrogens is 1. The molecular weight excluding hydrogens is 270 g/mol. The summed E-state index contributed by atoms with van der Waals surface area (Å²) in [4.78, 5) is 17.3. The minimum absolute atomic E-state index is 0.0115. The number of nitrogens with zero attached hydrogens (tertiary/aromatic N) is 1. The van der Waals surface area contributed by atoms with Crippen molar-refractivity contribution in [3.63, 3.8) is 0 Å². The van der Waals surface area contributed by atoms with Crippen LogP contribution in [0.15, 0.2) is 34.4 Å². The van der Waals surface area contributed by atoms with E-state index in [0.717, 1.165) is 47.2 Å². The van der Waals surface area contributed by atoms with E-state index in [-0.39, 0.29) is 5.56 Å². The number of rotatable bonds is 1. The summed E-state index contributed by atoms with van der Waals surface area (Å²) in [5, 5.41) is 7.55. The van der Waals surface area contributed by atoms with E-state index in [1.165, 1.54) is 17.0 Å².